The van der Waals surface area contributed by atoms with Crippen LogP contribution in [0.3, 0.4) is 0 Å². The third-order valence-corrected chi connectivity index (χ3v) is 3.37. The van der Waals surface area contributed by atoms with Crippen LogP contribution in [-0.2, 0) is 0 Å². The first-order valence-corrected chi connectivity index (χ1v) is 6.05. The van der Waals surface area contributed by atoms with Crippen LogP contribution in [-0.4, -0.2) is 29.6 Å². The number of nitrogens with zero attached hydrogens (tertiary/aromatic N) is 1. The van der Waals surface area contributed by atoms with Gasteiger partial charge in [0.1, 0.15) is 0 Å². The van der Waals surface area contributed by atoms with Gasteiger partial charge in [-0.1, -0.05) is 20.3 Å². The topological polar surface area (TPSA) is 29.3 Å². The van der Waals surface area contributed by atoms with Crippen molar-refractivity contribution in [3.05, 3.63) is 0 Å². The van der Waals surface area contributed by atoms with Gasteiger partial charge in [0.15, 0.2) is 0 Å². The lowest BCUT2D eigenvalue weighted by Gasteiger charge is -2.39. The Labute approximate surface area is 88.8 Å². The van der Waals surface area contributed by atoms with Crippen LogP contribution in [0.4, 0.5) is 0 Å². The van der Waals surface area contributed by atoms with E-state index in [-0.39, 0.29) is 0 Å². The van der Waals surface area contributed by atoms with Crippen LogP contribution < -0.4 is 5.73 Å². The van der Waals surface area contributed by atoms with Gasteiger partial charge < -0.3 is 5.73 Å². The minimum Gasteiger partial charge on any atom is -0.326 e. The minimum absolute atomic E-state index is 0.375. The third-order valence-electron chi connectivity index (χ3n) is 3.37. The van der Waals surface area contributed by atoms with E-state index in [2.05, 4.69) is 32.6 Å². The zero-order valence-corrected chi connectivity index (χ0v) is 10.2. The Balaban J connectivity index is 2.75. The molecule has 0 aromatic rings. The SMILES string of the molecule is CC(C)C1C(N)CCCCN1C(C)C. The van der Waals surface area contributed by atoms with Gasteiger partial charge in [-0.2, -0.15) is 0 Å². The molecule has 84 valence electrons. The second-order valence-electron chi connectivity index (χ2n) is 5.23. The molecule has 1 heterocycles. The number of rotatable bonds is 2. The summed E-state index contributed by atoms with van der Waals surface area (Å²) in [5.41, 5.74) is 6.27. The van der Waals surface area contributed by atoms with E-state index < -0.39 is 0 Å². The van der Waals surface area contributed by atoms with Crippen LogP contribution in [0.25, 0.3) is 0 Å². The normalized spacial score (nSPS) is 31.1. The lowest BCUT2D eigenvalue weighted by Crippen LogP contribution is -2.52. The molecule has 0 aromatic heterocycles. The van der Waals surface area contributed by atoms with Gasteiger partial charge >= 0.3 is 0 Å². The fourth-order valence-corrected chi connectivity index (χ4v) is 2.72. The van der Waals surface area contributed by atoms with E-state index in [1.807, 2.05) is 0 Å². The lowest BCUT2D eigenvalue weighted by molar-refractivity contribution is 0.108. The molecule has 0 saturated carbocycles. The third kappa shape index (κ3) is 2.71. The van der Waals surface area contributed by atoms with Crippen LogP contribution in [0, 0.1) is 5.92 Å². The van der Waals surface area contributed by atoms with Crippen molar-refractivity contribution >= 4 is 0 Å². The summed E-state index contributed by atoms with van der Waals surface area (Å²) in [7, 11) is 0. The van der Waals surface area contributed by atoms with Gasteiger partial charge in [0.05, 0.1) is 0 Å². The Kier molecular flexibility index (Phi) is 4.39. The van der Waals surface area contributed by atoms with Crippen molar-refractivity contribution in [1.29, 1.82) is 0 Å². The van der Waals surface area contributed by atoms with Crippen LogP contribution in [0.1, 0.15) is 47.0 Å². The minimum atomic E-state index is 0.375. The van der Waals surface area contributed by atoms with Gasteiger partial charge in [-0.25, -0.2) is 0 Å². The largest absolute Gasteiger partial charge is 0.326 e. The van der Waals surface area contributed by atoms with Crippen molar-refractivity contribution in [3.8, 4) is 0 Å². The lowest BCUT2D eigenvalue weighted by atomic mass is 9.93. The molecule has 0 aromatic carbocycles. The summed E-state index contributed by atoms with van der Waals surface area (Å²) in [4.78, 5) is 2.60. The summed E-state index contributed by atoms with van der Waals surface area (Å²) >= 11 is 0. The molecule has 1 saturated heterocycles. The molecule has 0 amide bonds. The van der Waals surface area contributed by atoms with Gasteiger partial charge in [-0.05, 0) is 39.2 Å². The fourth-order valence-electron chi connectivity index (χ4n) is 2.72. The highest BCUT2D eigenvalue weighted by Gasteiger charge is 2.30. The standard InChI is InChI=1S/C12H26N2/c1-9(2)12-11(13)7-5-6-8-14(12)10(3)4/h9-12H,5-8,13H2,1-4H3. The molecule has 2 N–H and O–H groups in total. The molecule has 1 aliphatic heterocycles. The van der Waals surface area contributed by atoms with E-state index in [1.54, 1.807) is 0 Å². The van der Waals surface area contributed by atoms with Crippen LogP contribution in [0.5, 0.6) is 0 Å². The van der Waals surface area contributed by atoms with Gasteiger partial charge in [0.2, 0.25) is 0 Å². The van der Waals surface area contributed by atoms with Gasteiger partial charge in [0.25, 0.3) is 0 Å². The van der Waals surface area contributed by atoms with E-state index in [0.717, 1.165) is 0 Å². The van der Waals surface area contributed by atoms with E-state index in [9.17, 15) is 0 Å². The van der Waals surface area contributed by atoms with E-state index in [4.69, 9.17) is 5.73 Å². The first kappa shape index (κ1) is 12.0. The van der Waals surface area contributed by atoms with E-state index in [1.165, 1.54) is 25.8 Å². The Morgan fingerprint density at radius 3 is 2.29 bits per heavy atom. The molecule has 1 fully saturated rings. The molecule has 0 spiro atoms. The number of likely N-dealkylation sites (tertiary alicyclic amines) is 1. The van der Waals surface area contributed by atoms with Crippen molar-refractivity contribution in [2.24, 2.45) is 11.7 Å². The van der Waals surface area contributed by atoms with E-state index >= 15 is 0 Å². The molecular formula is C12H26N2. The highest BCUT2D eigenvalue weighted by molar-refractivity contribution is 4.88. The summed E-state index contributed by atoms with van der Waals surface area (Å²) < 4.78 is 0. The molecule has 1 rings (SSSR count). The highest BCUT2D eigenvalue weighted by Crippen LogP contribution is 2.23. The quantitative estimate of drug-likeness (QED) is 0.737. The zero-order valence-electron chi connectivity index (χ0n) is 10.2. The summed E-state index contributed by atoms with van der Waals surface area (Å²) in [5, 5.41) is 0. The summed E-state index contributed by atoms with van der Waals surface area (Å²) in [6.07, 6.45) is 3.81. The monoisotopic (exact) mass is 198 g/mol. The van der Waals surface area contributed by atoms with Gasteiger partial charge in [-0.3, -0.25) is 4.90 Å². The molecule has 2 nitrogen and oxygen atoms in total. The fraction of sp³-hybridized carbons (Fsp3) is 1.00. The Morgan fingerprint density at radius 1 is 1.14 bits per heavy atom. The summed E-state index contributed by atoms with van der Waals surface area (Å²) in [6.45, 7) is 10.4. The van der Waals surface area contributed by atoms with E-state index in [0.29, 0.717) is 24.0 Å². The summed E-state index contributed by atoms with van der Waals surface area (Å²) in [6, 6.07) is 1.59. The molecule has 2 heteroatoms. The molecule has 0 aliphatic carbocycles. The van der Waals surface area contributed by atoms with Crippen molar-refractivity contribution in [2.45, 2.75) is 65.1 Å². The number of nitrogens with two attached hydrogens (primary N) is 1. The molecule has 2 atom stereocenters. The van der Waals surface area contributed by atoms with Crippen molar-refractivity contribution < 1.29 is 0 Å². The zero-order chi connectivity index (χ0) is 10.7. The van der Waals surface area contributed by atoms with Gasteiger partial charge in [0, 0.05) is 18.1 Å². The summed E-state index contributed by atoms with van der Waals surface area (Å²) in [5.74, 6) is 0.672. The number of hydrogen-bond acceptors (Lipinski definition) is 2. The number of hydrogen-bond donors (Lipinski definition) is 1. The van der Waals surface area contributed by atoms with Crippen LogP contribution in [0.15, 0.2) is 0 Å². The predicted octanol–water partition coefficient (Wildman–Crippen LogP) is 2.23. The smallest absolute Gasteiger partial charge is 0.0272 e. The maximum atomic E-state index is 6.27. The maximum Gasteiger partial charge on any atom is 0.0272 e. The van der Waals surface area contributed by atoms with Crippen molar-refractivity contribution in [1.82, 2.24) is 4.90 Å². The molecule has 0 bridgehead atoms. The molecule has 1 aliphatic rings. The first-order chi connectivity index (χ1) is 6.54. The molecule has 0 radical (unpaired) electrons. The predicted molar refractivity (Wildman–Crippen MR) is 62.3 cm³/mol. The Bertz CT molecular complexity index is 166. The second kappa shape index (κ2) is 5.13. The van der Waals surface area contributed by atoms with Gasteiger partial charge in [-0.15, -0.1) is 0 Å². The first-order valence-electron chi connectivity index (χ1n) is 6.05. The maximum absolute atomic E-state index is 6.27. The Morgan fingerprint density at radius 2 is 1.79 bits per heavy atom. The average molecular weight is 198 g/mol. The highest BCUT2D eigenvalue weighted by atomic mass is 15.2. The van der Waals surface area contributed by atoms with Crippen LogP contribution in [0.2, 0.25) is 0 Å². The Hall–Kier alpha value is -0.0800. The second-order valence-corrected chi connectivity index (χ2v) is 5.23. The molecular weight excluding hydrogens is 172 g/mol. The van der Waals surface area contributed by atoms with Crippen molar-refractivity contribution in [2.75, 3.05) is 6.54 Å². The molecule has 14 heavy (non-hydrogen) atoms. The average Bonchev–Trinajstić information content (AvgIpc) is 2.26. The molecule has 2 unspecified atom stereocenters. The van der Waals surface area contributed by atoms with Crippen molar-refractivity contribution in [3.63, 3.8) is 0 Å². The van der Waals surface area contributed by atoms with Crippen LogP contribution >= 0.6 is 0 Å².